The first-order chi connectivity index (χ1) is 11.8. The van der Waals surface area contributed by atoms with Crippen molar-refractivity contribution in [3.63, 3.8) is 0 Å². The smallest absolute Gasteiger partial charge is 0.231 e. The van der Waals surface area contributed by atoms with Gasteiger partial charge in [0.25, 0.3) is 0 Å². The van der Waals surface area contributed by atoms with E-state index in [9.17, 15) is 5.11 Å². The normalized spacial score (nSPS) is 21.4. The van der Waals surface area contributed by atoms with Crippen LogP contribution in [0.4, 0.5) is 0 Å². The van der Waals surface area contributed by atoms with Gasteiger partial charge in [0.1, 0.15) is 5.76 Å². The Morgan fingerprint density at radius 1 is 1.25 bits per heavy atom. The molecule has 4 heterocycles. The number of aromatic nitrogens is 3. The molecule has 124 valence electrons. The highest BCUT2D eigenvalue weighted by molar-refractivity contribution is 5.51. The van der Waals surface area contributed by atoms with E-state index in [0.717, 1.165) is 24.4 Å². The zero-order valence-electron chi connectivity index (χ0n) is 13.1. The second kappa shape index (κ2) is 6.54. The van der Waals surface area contributed by atoms with E-state index in [4.69, 9.17) is 8.94 Å². The lowest BCUT2D eigenvalue weighted by Crippen LogP contribution is -2.20. The SMILES string of the molecule is OC[C@@H]1CN(Cc2ccco2)C[C@H]1c1nc(-c2cccnc2)no1. The topological polar surface area (TPSA) is 88.4 Å². The molecule has 1 aliphatic heterocycles. The Morgan fingerprint density at radius 3 is 2.96 bits per heavy atom. The van der Waals surface area contributed by atoms with Crippen molar-refractivity contribution in [1.82, 2.24) is 20.0 Å². The minimum atomic E-state index is 0.0166. The first-order valence-corrected chi connectivity index (χ1v) is 7.93. The van der Waals surface area contributed by atoms with Gasteiger partial charge >= 0.3 is 0 Å². The van der Waals surface area contributed by atoms with Gasteiger partial charge in [-0.3, -0.25) is 9.88 Å². The molecule has 7 nitrogen and oxygen atoms in total. The van der Waals surface area contributed by atoms with Crippen LogP contribution in [0.1, 0.15) is 17.6 Å². The maximum Gasteiger partial charge on any atom is 0.231 e. The lowest BCUT2D eigenvalue weighted by atomic mass is 9.97. The Kier molecular flexibility index (Phi) is 4.10. The lowest BCUT2D eigenvalue weighted by molar-refractivity contribution is 0.203. The predicted molar refractivity (Wildman–Crippen MR) is 84.8 cm³/mol. The van der Waals surface area contributed by atoms with Gasteiger partial charge in [-0.25, -0.2) is 0 Å². The summed E-state index contributed by atoms with van der Waals surface area (Å²) >= 11 is 0. The van der Waals surface area contributed by atoms with Gasteiger partial charge in [0, 0.05) is 43.6 Å². The molecular formula is C17H18N4O3. The average Bonchev–Trinajstić information content (AvgIpc) is 3.36. The molecule has 0 unspecified atom stereocenters. The molecule has 0 spiro atoms. The average molecular weight is 326 g/mol. The second-order valence-electron chi connectivity index (χ2n) is 6.02. The van der Waals surface area contributed by atoms with Crippen LogP contribution in [-0.4, -0.2) is 44.8 Å². The van der Waals surface area contributed by atoms with Gasteiger partial charge in [-0.05, 0) is 24.3 Å². The van der Waals surface area contributed by atoms with E-state index in [1.807, 2.05) is 24.3 Å². The fourth-order valence-corrected chi connectivity index (χ4v) is 3.18. The van der Waals surface area contributed by atoms with Crippen molar-refractivity contribution in [2.24, 2.45) is 5.92 Å². The summed E-state index contributed by atoms with van der Waals surface area (Å²) in [6, 6.07) is 7.56. The third-order valence-corrected chi connectivity index (χ3v) is 4.39. The van der Waals surface area contributed by atoms with Gasteiger partial charge in [-0.15, -0.1) is 0 Å². The van der Waals surface area contributed by atoms with E-state index in [1.165, 1.54) is 0 Å². The Morgan fingerprint density at radius 2 is 2.21 bits per heavy atom. The van der Waals surface area contributed by atoms with Crippen molar-refractivity contribution in [2.75, 3.05) is 19.7 Å². The van der Waals surface area contributed by atoms with Crippen LogP contribution in [0.3, 0.4) is 0 Å². The van der Waals surface area contributed by atoms with Crippen molar-refractivity contribution in [3.8, 4) is 11.4 Å². The summed E-state index contributed by atoms with van der Waals surface area (Å²) in [4.78, 5) is 10.8. The monoisotopic (exact) mass is 326 g/mol. The molecule has 24 heavy (non-hydrogen) atoms. The summed E-state index contributed by atoms with van der Waals surface area (Å²) in [5.41, 5.74) is 0.818. The minimum absolute atomic E-state index is 0.0166. The number of nitrogens with zero attached hydrogens (tertiary/aromatic N) is 4. The maximum atomic E-state index is 9.72. The third kappa shape index (κ3) is 2.95. The van der Waals surface area contributed by atoms with Crippen LogP contribution in [-0.2, 0) is 6.54 Å². The number of likely N-dealkylation sites (tertiary alicyclic amines) is 1. The maximum absolute atomic E-state index is 9.72. The third-order valence-electron chi connectivity index (χ3n) is 4.39. The molecule has 0 bridgehead atoms. The van der Waals surface area contributed by atoms with Crippen LogP contribution in [0.2, 0.25) is 0 Å². The van der Waals surface area contributed by atoms with E-state index >= 15 is 0 Å². The van der Waals surface area contributed by atoms with Crippen molar-refractivity contribution in [2.45, 2.75) is 12.5 Å². The van der Waals surface area contributed by atoms with E-state index in [-0.39, 0.29) is 18.4 Å². The quantitative estimate of drug-likeness (QED) is 0.766. The van der Waals surface area contributed by atoms with Crippen molar-refractivity contribution < 1.29 is 14.0 Å². The summed E-state index contributed by atoms with van der Waals surface area (Å²) < 4.78 is 10.9. The summed E-state index contributed by atoms with van der Waals surface area (Å²) in [7, 11) is 0. The summed E-state index contributed by atoms with van der Waals surface area (Å²) in [6.07, 6.45) is 5.08. The molecule has 4 rings (SSSR count). The summed E-state index contributed by atoms with van der Waals surface area (Å²) in [5, 5.41) is 13.8. The van der Waals surface area contributed by atoms with Crippen LogP contribution >= 0.6 is 0 Å². The standard InChI is InChI=1S/C17H18N4O3/c22-11-13-8-21(9-14-4-2-6-23-14)10-15(13)17-19-16(20-24-17)12-3-1-5-18-7-12/h1-7,13,15,22H,8-11H2/t13-,15+/m0/s1. The summed E-state index contributed by atoms with van der Waals surface area (Å²) in [6.45, 7) is 2.32. The van der Waals surface area contributed by atoms with Crippen LogP contribution in [0, 0.1) is 5.92 Å². The molecule has 1 saturated heterocycles. The van der Waals surface area contributed by atoms with Crippen LogP contribution < -0.4 is 0 Å². The van der Waals surface area contributed by atoms with Gasteiger partial charge in [0.15, 0.2) is 0 Å². The number of aliphatic hydroxyl groups is 1. The fourth-order valence-electron chi connectivity index (χ4n) is 3.18. The van der Waals surface area contributed by atoms with Crippen molar-refractivity contribution >= 4 is 0 Å². The Labute approximate surface area is 138 Å². The number of furan rings is 1. The molecule has 7 heteroatoms. The van der Waals surface area contributed by atoms with Crippen LogP contribution in [0.25, 0.3) is 11.4 Å². The lowest BCUT2D eigenvalue weighted by Gasteiger charge is -2.12. The van der Waals surface area contributed by atoms with E-state index in [2.05, 4.69) is 20.0 Å². The van der Waals surface area contributed by atoms with Gasteiger partial charge in [-0.2, -0.15) is 4.98 Å². The van der Waals surface area contributed by atoms with E-state index in [0.29, 0.717) is 18.3 Å². The second-order valence-corrected chi connectivity index (χ2v) is 6.02. The van der Waals surface area contributed by atoms with E-state index in [1.54, 1.807) is 18.7 Å². The van der Waals surface area contributed by atoms with Crippen LogP contribution in [0.5, 0.6) is 0 Å². The molecule has 0 radical (unpaired) electrons. The molecule has 0 aliphatic carbocycles. The Hall–Kier alpha value is -2.51. The summed E-state index contributed by atoms with van der Waals surface area (Å²) in [5.74, 6) is 2.09. The minimum Gasteiger partial charge on any atom is -0.468 e. The number of hydrogen-bond acceptors (Lipinski definition) is 7. The van der Waals surface area contributed by atoms with E-state index < -0.39 is 0 Å². The molecule has 1 N–H and O–H groups in total. The highest BCUT2D eigenvalue weighted by atomic mass is 16.5. The Balaban J connectivity index is 1.51. The van der Waals surface area contributed by atoms with Crippen LogP contribution in [0.15, 0.2) is 51.9 Å². The molecule has 1 fully saturated rings. The largest absolute Gasteiger partial charge is 0.468 e. The zero-order valence-corrected chi connectivity index (χ0v) is 13.1. The van der Waals surface area contributed by atoms with Gasteiger partial charge in [-0.1, -0.05) is 5.16 Å². The molecule has 3 aromatic rings. The predicted octanol–water partition coefficient (Wildman–Crippen LogP) is 1.93. The first-order valence-electron chi connectivity index (χ1n) is 7.93. The number of rotatable bonds is 5. The van der Waals surface area contributed by atoms with Gasteiger partial charge in [0.2, 0.25) is 11.7 Å². The molecule has 0 saturated carbocycles. The Bertz CT molecular complexity index is 772. The number of hydrogen-bond donors (Lipinski definition) is 1. The fraction of sp³-hybridized carbons (Fsp3) is 0.353. The number of pyridine rings is 1. The molecule has 2 atom stereocenters. The van der Waals surface area contributed by atoms with Crippen molar-refractivity contribution in [3.05, 3.63) is 54.6 Å². The molecule has 0 amide bonds. The van der Waals surface area contributed by atoms with Gasteiger partial charge in [0.05, 0.1) is 18.7 Å². The molecule has 1 aliphatic rings. The molecular weight excluding hydrogens is 308 g/mol. The number of aliphatic hydroxyl groups excluding tert-OH is 1. The van der Waals surface area contributed by atoms with Gasteiger partial charge < -0.3 is 14.0 Å². The molecule has 0 aromatic carbocycles. The zero-order chi connectivity index (χ0) is 16.4. The highest BCUT2D eigenvalue weighted by Gasteiger charge is 2.37. The first kappa shape index (κ1) is 15.0. The highest BCUT2D eigenvalue weighted by Crippen LogP contribution is 2.33. The molecule has 3 aromatic heterocycles. The van der Waals surface area contributed by atoms with Crippen molar-refractivity contribution in [1.29, 1.82) is 0 Å².